The van der Waals surface area contributed by atoms with Crippen molar-refractivity contribution in [1.29, 1.82) is 0 Å². The summed E-state index contributed by atoms with van der Waals surface area (Å²) in [4.78, 5) is 0. The number of benzene rings is 1. The molecule has 0 aliphatic rings. The van der Waals surface area contributed by atoms with E-state index >= 15 is 0 Å². The fraction of sp³-hybridized carbons (Fsp3) is 0.429. The van der Waals surface area contributed by atoms with Crippen molar-refractivity contribution in [3.8, 4) is 0 Å². The van der Waals surface area contributed by atoms with Crippen LogP contribution >= 0.6 is 0 Å². The Morgan fingerprint density at radius 1 is 1.06 bits per heavy atom. The molecular formula is C14H22O2Si. The third kappa shape index (κ3) is 6.29. The third-order valence-electron chi connectivity index (χ3n) is 1.96. The SMILES string of the molecule is CC(C)(OC=Cc1ccccc1)O[Si](C)(C)C. The molecule has 94 valence electrons. The first kappa shape index (κ1) is 14.0. The van der Waals surface area contributed by atoms with Gasteiger partial charge in [0.05, 0.1) is 6.26 Å². The summed E-state index contributed by atoms with van der Waals surface area (Å²) in [5, 5.41) is 0. The van der Waals surface area contributed by atoms with Crippen LogP contribution in [0.25, 0.3) is 6.08 Å². The number of ether oxygens (including phenoxy) is 1. The minimum absolute atomic E-state index is 0.560. The van der Waals surface area contributed by atoms with Gasteiger partial charge in [-0.2, -0.15) is 0 Å². The lowest BCUT2D eigenvalue weighted by Crippen LogP contribution is -2.39. The summed E-state index contributed by atoms with van der Waals surface area (Å²) in [6, 6.07) is 10.1. The van der Waals surface area contributed by atoms with Gasteiger partial charge in [0.1, 0.15) is 0 Å². The van der Waals surface area contributed by atoms with Gasteiger partial charge in [-0.05, 0) is 45.1 Å². The van der Waals surface area contributed by atoms with Crippen LogP contribution < -0.4 is 0 Å². The maximum atomic E-state index is 5.93. The second kappa shape index (κ2) is 5.51. The molecule has 0 atom stereocenters. The van der Waals surface area contributed by atoms with E-state index in [4.69, 9.17) is 9.16 Å². The van der Waals surface area contributed by atoms with Gasteiger partial charge in [-0.15, -0.1) is 0 Å². The standard InChI is InChI=1S/C14H22O2Si/c1-14(2,16-17(3,4)5)15-12-11-13-9-7-6-8-10-13/h6-12H,1-5H3. The molecule has 3 heteroatoms. The summed E-state index contributed by atoms with van der Waals surface area (Å²) in [7, 11) is -1.58. The minimum Gasteiger partial charge on any atom is -0.472 e. The van der Waals surface area contributed by atoms with E-state index < -0.39 is 14.1 Å². The molecule has 0 unspecified atom stereocenters. The Morgan fingerprint density at radius 3 is 2.18 bits per heavy atom. The zero-order chi connectivity index (χ0) is 12.9. The molecule has 2 nitrogen and oxygen atoms in total. The van der Waals surface area contributed by atoms with Gasteiger partial charge in [-0.3, -0.25) is 0 Å². The summed E-state index contributed by atoms with van der Waals surface area (Å²) in [6.45, 7) is 10.3. The van der Waals surface area contributed by atoms with E-state index in [1.165, 1.54) is 0 Å². The first-order valence-electron chi connectivity index (χ1n) is 5.88. The van der Waals surface area contributed by atoms with Gasteiger partial charge < -0.3 is 9.16 Å². The summed E-state index contributed by atoms with van der Waals surface area (Å²) >= 11 is 0. The van der Waals surface area contributed by atoms with Crippen LogP contribution in [0.5, 0.6) is 0 Å². The maximum absolute atomic E-state index is 5.93. The Labute approximate surface area is 105 Å². The monoisotopic (exact) mass is 250 g/mol. The Bertz CT molecular complexity index is 364. The first-order valence-corrected chi connectivity index (χ1v) is 9.29. The zero-order valence-corrected chi connectivity index (χ0v) is 12.4. The van der Waals surface area contributed by atoms with Gasteiger partial charge in [-0.25, -0.2) is 0 Å². The highest BCUT2D eigenvalue weighted by Crippen LogP contribution is 2.19. The number of rotatable bonds is 5. The number of hydrogen-bond acceptors (Lipinski definition) is 2. The smallest absolute Gasteiger partial charge is 0.194 e. The molecule has 0 bridgehead atoms. The summed E-state index contributed by atoms with van der Waals surface area (Å²) in [5.41, 5.74) is 1.12. The quantitative estimate of drug-likeness (QED) is 0.441. The second-order valence-corrected chi connectivity index (χ2v) is 9.87. The van der Waals surface area contributed by atoms with E-state index in [0.29, 0.717) is 0 Å². The Balaban J connectivity index is 2.53. The van der Waals surface area contributed by atoms with Crippen molar-refractivity contribution in [3.63, 3.8) is 0 Å². The molecule has 0 N–H and O–H groups in total. The molecule has 0 amide bonds. The minimum atomic E-state index is -1.58. The Kier molecular flexibility index (Phi) is 4.54. The highest BCUT2D eigenvalue weighted by molar-refractivity contribution is 6.69. The predicted octanol–water partition coefficient (Wildman–Crippen LogP) is 4.26. The van der Waals surface area contributed by atoms with E-state index in [1.54, 1.807) is 6.26 Å². The van der Waals surface area contributed by atoms with Crippen molar-refractivity contribution < 1.29 is 9.16 Å². The van der Waals surface area contributed by atoms with E-state index in [0.717, 1.165) is 5.56 Å². The molecule has 0 saturated carbocycles. The molecule has 0 aliphatic carbocycles. The number of hydrogen-bond donors (Lipinski definition) is 0. The molecule has 1 rings (SSSR count). The Hall–Kier alpha value is -1.06. The van der Waals surface area contributed by atoms with Crippen molar-refractivity contribution in [2.45, 2.75) is 39.3 Å². The summed E-state index contributed by atoms with van der Waals surface area (Å²) < 4.78 is 11.6. The molecule has 0 aliphatic heterocycles. The van der Waals surface area contributed by atoms with Crippen LogP contribution in [0.2, 0.25) is 19.6 Å². The van der Waals surface area contributed by atoms with Crippen LogP contribution in [0.15, 0.2) is 36.6 Å². The molecule has 0 aromatic heterocycles. The highest BCUT2D eigenvalue weighted by atomic mass is 28.4. The van der Waals surface area contributed by atoms with Gasteiger partial charge in [0.25, 0.3) is 0 Å². The van der Waals surface area contributed by atoms with Gasteiger partial charge in [0.15, 0.2) is 14.1 Å². The average Bonchev–Trinajstić information content (AvgIpc) is 2.15. The van der Waals surface area contributed by atoms with E-state index in [2.05, 4.69) is 19.6 Å². The maximum Gasteiger partial charge on any atom is 0.194 e. The Morgan fingerprint density at radius 2 is 1.65 bits per heavy atom. The van der Waals surface area contributed by atoms with Crippen molar-refractivity contribution in [1.82, 2.24) is 0 Å². The van der Waals surface area contributed by atoms with Gasteiger partial charge in [0, 0.05) is 0 Å². The van der Waals surface area contributed by atoms with E-state index in [1.807, 2.05) is 50.3 Å². The van der Waals surface area contributed by atoms with Crippen LogP contribution in [0.1, 0.15) is 19.4 Å². The molecule has 1 aromatic carbocycles. The predicted molar refractivity (Wildman–Crippen MR) is 75.1 cm³/mol. The van der Waals surface area contributed by atoms with Crippen LogP contribution in [0.4, 0.5) is 0 Å². The first-order chi connectivity index (χ1) is 7.79. The lowest BCUT2D eigenvalue weighted by Gasteiger charge is -2.31. The third-order valence-corrected chi connectivity index (χ3v) is 3.07. The molecule has 0 spiro atoms. The molecule has 0 radical (unpaired) electrons. The van der Waals surface area contributed by atoms with Crippen LogP contribution in [-0.2, 0) is 9.16 Å². The second-order valence-electron chi connectivity index (χ2n) is 5.45. The van der Waals surface area contributed by atoms with Crippen molar-refractivity contribution in [2.24, 2.45) is 0 Å². The fourth-order valence-electron chi connectivity index (χ4n) is 1.60. The molecule has 0 heterocycles. The fourth-order valence-corrected chi connectivity index (χ4v) is 3.12. The lowest BCUT2D eigenvalue weighted by molar-refractivity contribution is -0.119. The lowest BCUT2D eigenvalue weighted by atomic mass is 10.2. The van der Waals surface area contributed by atoms with E-state index in [-0.39, 0.29) is 0 Å². The average molecular weight is 250 g/mol. The largest absolute Gasteiger partial charge is 0.472 e. The van der Waals surface area contributed by atoms with Crippen molar-refractivity contribution in [2.75, 3.05) is 0 Å². The topological polar surface area (TPSA) is 18.5 Å². The summed E-state index contributed by atoms with van der Waals surface area (Å²) in [6.07, 6.45) is 3.64. The highest BCUT2D eigenvalue weighted by Gasteiger charge is 2.27. The molecule has 1 aromatic rings. The van der Waals surface area contributed by atoms with E-state index in [9.17, 15) is 0 Å². The molecule has 0 fully saturated rings. The summed E-state index contributed by atoms with van der Waals surface area (Å²) in [5.74, 6) is -0.560. The van der Waals surface area contributed by atoms with Gasteiger partial charge in [-0.1, -0.05) is 30.3 Å². The van der Waals surface area contributed by atoms with Crippen LogP contribution in [-0.4, -0.2) is 14.1 Å². The van der Waals surface area contributed by atoms with Crippen molar-refractivity contribution in [3.05, 3.63) is 42.2 Å². The van der Waals surface area contributed by atoms with Crippen LogP contribution in [0, 0.1) is 0 Å². The zero-order valence-electron chi connectivity index (χ0n) is 11.4. The van der Waals surface area contributed by atoms with Crippen LogP contribution in [0.3, 0.4) is 0 Å². The molecular weight excluding hydrogens is 228 g/mol. The van der Waals surface area contributed by atoms with Crippen molar-refractivity contribution >= 4 is 14.4 Å². The normalized spacial score (nSPS) is 13.0. The van der Waals surface area contributed by atoms with Gasteiger partial charge >= 0.3 is 0 Å². The molecule has 17 heavy (non-hydrogen) atoms. The van der Waals surface area contributed by atoms with Gasteiger partial charge in [0.2, 0.25) is 0 Å². The molecule has 0 saturated heterocycles.